The van der Waals surface area contributed by atoms with Crippen molar-refractivity contribution in [3.05, 3.63) is 0 Å². The summed E-state index contributed by atoms with van der Waals surface area (Å²) in [5.41, 5.74) is 4.96. The highest BCUT2D eigenvalue weighted by Crippen LogP contribution is 2.18. The molecule has 15 heteroatoms. The maximum atomic E-state index is 13.0. The van der Waals surface area contributed by atoms with E-state index < -0.39 is 85.2 Å². The number of aliphatic carboxylic acids is 1. The number of hydrogen-bond donors (Lipinski definition) is 7. The summed E-state index contributed by atoms with van der Waals surface area (Å²) >= 11 is 0. The molecule has 1 rings (SSSR count). The largest absolute Gasteiger partial charge is 0.481 e. The number of primary amides is 1. The topological polar surface area (TPSA) is 237 Å². The van der Waals surface area contributed by atoms with Crippen molar-refractivity contribution in [1.29, 1.82) is 0 Å². The molecule has 0 unspecified atom stereocenters. The number of nitrogens with two attached hydrogens (primary N) is 1. The number of carboxylic acid groups (broad SMARTS) is 1. The minimum atomic E-state index is -1.44. The molecular formula is C22H36N6O9. The smallest absolute Gasteiger partial charge is 0.303 e. The molecule has 1 aliphatic rings. The van der Waals surface area contributed by atoms with E-state index in [4.69, 9.17) is 10.8 Å². The second-order valence-corrected chi connectivity index (χ2v) is 9.02. The van der Waals surface area contributed by atoms with Gasteiger partial charge in [0.1, 0.15) is 24.2 Å². The molecule has 6 amide bonds. The average Bonchev–Trinajstić information content (AvgIpc) is 3.31. The van der Waals surface area contributed by atoms with Gasteiger partial charge in [0.2, 0.25) is 35.4 Å². The summed E-state index contributed by atoms with van der Waals surface area (Å²) in [7, 11) is 0. The number of nitrogens with one attached hydrogen (secondary N) is 4. The van der Waals surface area contributed by atoms with Crippen molar-refractivity contribution < 1.29 is 43.8 Å². The first-order valence-electron chi connectivity index (χ1n) is 11.8. The second kappa shape index (κ2) is 14.7. The minimum Gasteiger partial charge on any atom is -0.481 e. The van der Waals surface area contributed by atoms with E-state index in [9.17, 15) is 38.7 Å². The molecule has 15 nitrogen and oxygen atoms in total. The Morgan fingerprint density at radius 2 is 1.62 bits per heavy atom. The molecule has 37 heavy (non-hydrogen) atoms. The molecule has 4 atom stereocenters. The van der Waals surface area contributed by atoms with Crippen LogP contribution >= 0.6 is 0 Å². The predicted octanol–water partition coefficient (Wildman–Crippen LogP) is -3.43. The lowest BCUT2D eigenvalue weighted by Crippen LogP contribution is -2.60. The van der Waals surface area contributed by atoms with E-state index in [1.54, 1.807) is 13.8 Å². The van der Waals surface area contributed by atoms with E-state index in [2.05, 4.69) is 21.3 Å². The fourth-order valence-corrected chi connectivity index (χ4v) is 3.76. The molecule has 0 spiro atoms. The van der Waals surface area contributed by atoms with Crippen molar-refractivity contribution in [2.75, 3.05) is 19.7 Å². The van der Waals surface area contributed by atoms with Gasteiger partial charge in [0, 0.05) is 19.9 Å². The normalized spacial score (nSPS) is 17.3. The Morgan fingerprint density at radius 3 is 2.14 bits per heavy atom. The minimum absolute atomic E-state index is 0.277. The standard InChI is InChI=1S/C22H36N6O9/c1-11(2)18(22(37)26-14(10-29)19(34)24-9-16(23)31)27-20(35)13(6-7-17(32)33)25-21(36)15-5-4-8-28(15)12(3)30/h11,13-15,18,29H,4-10H2,1-3H3,(H2,23,31)(H,24,34)(H,25,36)(H,26,37)(H,27,35)(H,32,33)/t13-,14-,15-,18-/m0/s1. The van der Waals surface area contributed by atoms with Crippen LogP contribution in [0.5, 0.6) is 0 Å². The van der Waals surface area contributed by atoms with Crippen LogP contribution in [0.1, 0.15) is 46.5 Å². The average molecular weight is 529 g/mol. The highest BCUT2D eigenvalue weighted by Gasteiger charge is 2.36. The van der Waals surface area contributed by atoms with E-state index in [-0.39, 0.29) is 12.3 Å². The van der Waals surface area contributed by atoms with Crippen LogP contribution in [0.4, 0.5) is 0 Å². The zero-order valence-electron chi connectivity index (χ0n) is 21.1. The number of hydrogen-bond acceptors (Lipinski definition) is 8. The number of carboxylic acids is 1. The zero-order valence-corrected chi connectivity index (χ0v) is 21.1. The van der Waals surface area contributed by atoms with Crippen molar-refractivity contribution in [2.24, 2.45) is 11.7 Å². The predicted molar refractivity (Wildman–Crippen MR) is 127 cm³/mol. The molecule has 1 saturated heterocycles. The van der Waals surface area contributed by atoms with Gasteiger partial charge in [-0.3, -0.25) is 33.6 Å². The summed E-state index contributed by atoms with van der Waals surface area (Å²) in [6.07, 6.45) is 0.250. The number of aliphatic hydroxyl groups is 1. The molecular weight excluding hydrogens is 492 g/mol. The molecule has 0 aromatic heterocycles. The fraction of sp³-hybridized carbons (Fsp3) is 0.682. The maximum absolute atomic E-state index is 13.0. The van der Waals surface area contributed by atoms with Gasteiger partial charge in [-0.25, -0.2) is 0 Å². The third-order valence-electron chi connectivity index (χ3n) is 5.74. The molecule has 208 valence electrons. The van der Waals surface area contributed by atoms with E-state index in [1.807, 2.05) is 0 Å². The number of aliphatic hydroxyl groups excluding tert-OH is 1. The molecule has 1 aliphatic heterocycles. The Balaban J connectivity index is 2.97. The Labute approximate surface area is 213 Å². The van der Waals surface area contributed by atoms with Gasteiger partial charge in [0.25, 0.3) is 0 Å². The van der Waals surface area contributed by atoms with Crippen LogP contribution in [0.2, 0.25) is 0 Å². The van der Waals surface area contributed by atoms with Gasteiger partial charge in [-0.2, -0.15) is 0 Å². The van der Waals surface area contributed by atoms with Gasteiger partial charge in [-0.05, 0) is 25.2 Å². The molecule has 1 fully saturated rings. The lowest BCUT2D eigenvalue weighted by atomic mass is 10.0. The fourth-order valence-electron chi connectivity index (χ4n) is 3.76. The van der Waals surface area contributed by atoms with E-state index in [0.29, 0.717) is 19.4 Å². The van der Waals surface area contributed by atoms with Crippen molar-refractivity contribution in [1.82, 2.24) is 26.2 Å². The molecule has 0 radical (unpaired) electrons. The first kappa shape index (κ1) is 31.3. The highest BCUT2D eigenvalue weighted by atomic mass is 16.4. The molecule has 0 saturated carbocycles. The molecule has 0 aromatic carbocycles. The van der Waals surface area contributed by atoms with Crippen LogP contribution in [0.25, 0.3) is 0 Å². The van der Waals surface area contributed by atoms with Gasteiger partial charge < -0.3 is 42.1 Å². The summed E-state index contributed by atoms with van der Waals surface area (Å²) in [5, 5.41) is 27.9. The summed E-state index contributed by atoms with van der Waals surface area (Å²) in [6, 6.07) is -4.78. The Kier molecular flexibility index (Phi) is 12.4. The lowest BCUT2D eigenvalue weighted by molar-refractivity contribution is -0.140. The molecule has 1 heterocycles. The van der Waals surface area contributed by atoms with Crippen LogP contribution in [-0.2, 0) is 33.6 Å². The Morgan fingerprint density at radius 1 is 0.973 bits per heavy atom. The van der Waals surface area contributed by atoms with E-state index >= 15 is 0 Å². The Hall–Kier alpha value is -3.75. The van der Waals surface area contributed by atoms with Gasteiger partial charge in [-0.15, -0.1) is 0 Å². The molecule has 0 aliphatic carbocycles. The summed E-state index contributed by atoms with van der Waals surface area (Å²) < 4.78 is 0. The lowest BCUT2D eigenvalue weighted by Gasteiger charge is -2.28. The zero-order chi connectivity index (χ0) is 28.3. The third kappa shape index (κ3) is 10.0. The molecule has 0 bridgehead atoms. The second-order valence-electron chi connectivity index (χ2n) is 9.02. The first-order valence-corrected chi connectivity index (χ1v) is 11.8. The van der Waals surface area contributed by atoms with Crippen LogP contribution in [0.3, 0.4) is 0 Å². The maximum Gasteiger partial charge on any atom is 0.303 e. The molecule has 8 N–H and O–H groups in total. The monoisotopic (exact) mass is 528 g/mol. The van der Waals surface area contributed by atoms with Crippen molar-refractivity contribution in [2.45, 2.75) is 70.6 Å². The first-order chi connectivity index (χ1) is 17.3. The Bertz CT molecular complexity index is 894. The molecule has 0 aromatic rings. The summed E-state index contributed by atoms with van der Waals surface area (Å²) in [4.78, 5) is 85.9. The van der Waals surface area contributed by atoms with E-state index in [1.165, 1.54) is 11.8 Å². The van der Waals surface area contributed by atoms with Crippen LogP contribution in [0.15, 0.2) is 0 Å². The van der Waals surface area contributed by atoms with Crippen molar-refractivity contribution in [3.63, 3.8) is 0 Å². The van der Waals surface area contributed by atoms with Gasteiger partial charge in [0.15, 0.2) is 0 Å². The van der Waals surface area contributed by atoms with Crippen LogP contribution in [0, 0.1) is 5.92 Å². The number of carbonyl (C=O) groups is 7. The van der Waals surface area contributed by atoms with Gasteiger partial charge >= 0.3 is 5.97 Å². The van der Waals surface area contributed by atoms with Crippen molar-refractivity contribution in [3.8, 4) is 0 Å². The number of rotatable bonds is 14. The number of likely N-dealkylation sites (tertiary alicyclic amines) is 1. The summed E-state index contributed by atoms with van der Waals surface area (Å²) in [6.45, 7) is 3.58. The summed E-state index contributed by atoms with van der Waals surface area (Å²) in [5.74, 6) is -6.02. The van der Waals surface area contributed by atoms with Gasteiger partial charge in [0.05, 0.1) is 13.2 Å². The van der Waals surface area contributed by atoms with Gasteiger partial charge in [-0.1, -0.05) is 13.8 Å². The quantitative estimate of drug-likeness (QED) is 0.119. The number of amides is 6. The third-order valence-corrected chi connectivity index (χ3v) is 5.74. The van der Waals surface area contributed by atoms with Crippen LogP contribution in [-0.4, -0.2) is 100 Å². The highest BCUT2D eigenvalue weighted by molar-refractivity contribution is 5.96. The van der Waals surface area contributed by atoms with Crippen LogP contribution < -0.4 is 27.0 Å². The number of nitrogens with zero attached hydrogens (tertiary/aromatic N) is 1. The number of carbonyl (C=O) groups excluding carboxylic acids is 6. The SMILES string of the molecule is CC(=O)N1CCC[C@H]1C(=O)N[C@@H](CCC(=O)O)C(=O)N[C@H](C(=O)N[C@@H](CO)C(=O)NCC(N)=O)C(C)C. The van der Waals surface area contributed by atoms with Crippen molar-refractivity contribution >= 4 is 41.4 Å². The van der Waals surface area contributed by atoms with E-state index in [0.717, 1.165) is 0 Å².